The van der Waals surface area contributed by atoms with Crippen LogP contribution in [0.5, 0.6) is 5.75 Å². The summed E-state index contributed by atoms with van der Waals surface area (Å²) in [5.41, 5.74) is 6.62. The summed E-state index contributed by atoms with van der Waals surface area (Å²) in [6.07, 6.45) is 0.495. The van der Waals surface area contributed by atoms with Crippen LogP contribution in [0.4, 0.5) is 5.69 Å². The molecule has 6 nitrogen and oxygen atoms in total. The van der Waals surface area contributed by atoms with E-state index >= 15 is 0 Å². The van der Waals surface area contributed by atoms with Gasteiger partial charge < -0.3 is 20.5 Å². The van der Waals surface area contributed by atoms with Gasteiger partial charge in [0.2, 0.25) is 0 Å². The van der Waals surface area contributed by atoms with Crippen molar-refractivity contribution in [2.75, 3.05) is 44.7 Å². The molecule has 0 bridgehead atoms. The van der Waals surface area contributed by atoms with Gasteiger partial charge in [0.1, 0.15) is 11.8 Å². The zero-order chi connectivity index (χ0) is 15.2. The number of nitrogens with two attached hydrogens (primary N) is 1. The van der Waals surface area contributed by atoms with Crippen LogP contribution in [0.1, 0.15) is 6.42 Å². The second kappa shape index (κ2) is 7.28. The summed E-state index contributed by atoms with van der Waals surface area (Å²) in [6, 6.07) is 7.47. The molecule has 0 aromatic heterocycles. The summed E-state index contributed by atoms with van der Waals surface area (Å²) in [5, 5.41) is 9.28. The van der Waals surface area contributed by atoms with Gasteiger partial charge in [-0.3, -0.25) is 9.69 Å². The Bertz CT molecular complexity index is 473. The number of nitrogens with zero attached hydrogens (tertiary/aromatic N) is 2. The highest BCUT2D eigenvalue weighted by Crippen LogP contribution is 2.22. The molecule has 1 aliphatic rings. The van der Waals surface area contributed by atoms with E-state index in [1.807, 2.05) is 29.2 Å². The molecule has 21 heavy (non-hydrogen) atoms. The van der Waals surface area contributed by atoms with E-state index in [9.17, 15) is 9.90 Å². The van der Waals surface area contributed by atoms with E-state index in [0.29, 0.717) is 13.0 Å². The molecule has 1 aromatic carbocycles. The van der Waals surface area contributed by atoms with Crippen LogP contribution in [0.3, 0.4) is 0 Å². The highest BCUT2D eigenvalue weighted by atomic mass is 16.5. The average Bonchev–Trinajstić information content (AvgIpc) is 2.52. The van der Waals surface area contributed by atoms with Crippen molar-refractivity contribution in [3.05, 3.63) is 24.3 Å². The van der Waals surface area contributed by atoms with Crippen molar-refractivity contribution in [2.45, 2.75) is 12.5 Å². The zero-order valence-corrected chi connectivity index (χ0v) is 12.4. The van der Waals surface area contributed by atoms with Crippen molar-refractivity contribution >= 4 is 11.7 Å². The molecule has 0 radical (unpaired) electrons. The minimum absolute atomic E-state index is 0.396. The zero-order valence-electron chi connectivity index (χ0n) is 12.4. The number of hydrogen-bond acceptors (Lipinski definition) is 5. The van der Waals surface area contributed by atoms with Gasteiger partial charge in [0, 0.05) is 37.9 Å². The van der Waals surface area contributed by atoms with Crippen LogP contribution in [-0.4, -0.2) is 61.9 Å². The van der Waals surface area contributed by atoms with Crippen molar-refractivity contribution in [3.63, 3.8) is 0 Å². The molecular weight excluding hydrogens is 270 g/mol. The molecule has 2 rings (SSSR count). The molecule has 6 heteroatoms. The van der Waals surface area contributed by atoms with Gasteiger partial charge in [0.05, 0.1) is 7.11 Å². The topological polar surface area (TPSA) is 79.0 Å². The number of piperazine rings is 1. The van der Waals surface area contributed by atoms with Crippen molar-refractivity contribution in [1.29, 1.82) is 0 Å². The Balaban J connectivity index is 1.97. The van der Waals surface area contributed by atoms with E-state index in [-0.39, 0.29) is 0 Å². The van der Waals surface area contributed by atoms with E-state index in [0.717, 1.165) is 37.6 Å². The largest absolute Gasteiger partial charge is 0.497 e. The number of ether oxygens (including phenoxy) is 1. The first-order valence-electron chi connectivity index (χ1n) is 7.21. The lowest BCUT2D eigenvalue weighted by Gasteiger charge is -2.38. The third-order valence-corrected chi connectivity index (χ3v) is 3.90. The first-order chi connectivity index (χ1) is 10.2. The van der Waals surface area contributed by atoms with Crippen molar-refractivity contribution in [2.24, 2.45) is 5.73 Å². The Morgan fingerprint density at radius 2 is 2.10 bits per heavy atom. The van der Waals surface area contributed by atoms with Crippen LogP contribution in [0, 0.1) is 0 Å². The molecule has 1 aliphatic heterocycles. The number of carbonyl (C=O) groups is 1. The number of anilines is 1. The molecular formula is C15H23N3O3. The molecule has 1 aromatic rings. The van der Waals surface area contributed by atoms with E-state index < -0.39 is 12.0 Å². The van der Waals surface area contributed by atoms with Gasteiger partial charge in [-0.25, -0.2) is 0 Å². The van der Waals surface area contributed by atoms with Crippen LogP contribution in [0.25, 0.3) is 0 Å². The van der Waals surface area contributed by atoms with Gasteiger partial charge in [0.25, 0.3) is 0 Å². The standard InChI is InChI=1S/C15H23N3O3/c1-21-13-4-2-3-12(11-13)17-7-9-18(10-8-17)14(5-6-16)15(19)20/h2-4,11,14H,5-10,16H2,1H3,(H,19,20). The Morgan fingerprint density at radius 3 is 2.67 bits per heavy atom. The van der Waals surface area contributed by atoms with Gasteiger partial charge in [-0.15, -0.1) is 0 Å². The fourth-order valence-corrected chi connectivity index (χ4v) is 2.72. The molecule has 0 saturated carbocycles. The van der Waals surface area contributed by atoms with E-state index in [4.69, 9.17) is 10.5 Å². The molecule has 0 aliphatic carbocycles. The molecule has 0 amide bonds. The van der Waals surface area contributed by atoms with Crippen molar-refractivity contribution < 1.29 is 14.6 Å². The summed E-state index contributed by atoms with van der Waals surface area (Å²) >= 11 is 0. The first-order valence-corrected chi connectivity index (χ1v) is 7.21. The lowest BCUT2D eigenvalue weighted by atomic mass is 10.1. The van der Waals surface area contributed by atoms with Crippen molar-refractivity contribution in [1.82, 2.24) is 4.90 Å². The highest BCUT2D eigenvalue weighted by Gasteiger charge is 2.28. The fourth-order valence-electron chi connectivity index (χ4n) is 2.72. The first kappa shape index (κ1) is 15.6. The van der Waals surface area contributed by atoms with Gasteiger partial charge >= 0.3 is 5.97 Å². The van der Waals surface area contributed by atoms with E-state index in [2.05, 4.69) is 4.90 Å². The summed E-state index contributed by atoms with van der Waals surface area (Å²) < 4.78 is 5.24. The molecule has 1 unspecified atom stereocenters. The number of carboxylic acids is 1. The van der Waals surface area contributed by atoms with Crippen molar-refractivity contribution in [3.8, 4) is 5.75 Å². The van der Waals surface area contributed by atoms with Gasteiger partial charge in [0.15, 0.2) is 0 Å². The van der Waals surface area contributed by atoms with Crippen LogP contribution in [0.15, 0.2) is 24.3 Å². The predicted molar refractivity (Wildman–Crippen MR) is 81.9 cm³/mol. The SMILES string of the molecule is COc1cccc(N2CCN(C(CCN)C(=O)O)CC2)c1. The summed E-state index contributed by atoms with van der Waals surface area (Å²) in [7, 11) is 1.65. The van der Waals surface area contributed by atoms with E-state index in [1.54, 1.807) is 7.11 Å². The van der Waals surface area contributed by atoms with Crippen LogP contribution >= 0.6 is 0 Å². The molecule has 1 atom stereocenters. The number of methoxy groups -OCH3 is 1. The Kier molecular flexibility index (Phi) is 5.41. The maximum absolute atomic E-state index is 11.3. The number of rotatable bonds is 6. The van der Waals surface area contributed by atoms with E-state index in [1.165, 1.54) is 0 Å². The lowest BCUT2D eigenvalue weighted by molar-refractivity contribution is -0.143. The molecule has 1 heterocycles. The maximum atomic E-state index is 11.3. The highest BCUT2D eigenvalue weighted by molar-refractivity contribution is 5.73. The Morgan fingerprint density at radius 1 is 1.38 bits per heavy atom. The minimum atomic E-state index is -0.782. The second-order valence-electron chi connectivity index (χ2n) is 5.16. The molecule has 0 spiro atoms. The molecule has 3 N–H and O–H groups in total. The molecule has 116 valence electrons. The van der Waals surface area contributed by atoms with Crippen LogP contribution < -0.4 is 15.4 Å². The summed E-state index contributed by atoms with van der Waals surface area (Å²) in [5.74, 6) is 0.0526. The minimum Gasteiger partial charge on any atom is -0.497 e. The third-order valence-electron chi connectivity index (χ3n) is 3.90. The molecule has 1 fully saturated rings. The Hall–Kier alpha value is -1.79. The Labute approximate surface area is 125 Å². The second-order valence-corrected chi connectivity index (χ2v) is 5.16. The monoisotopic (exact) mass is 293 g/mol. The van der Waals surface area contributed by atoms with Crippen LogP contribution in [0.2, 0.25) is 0 Å². The smallest absolute Gasteiger partial charge is 0.320 e. The number of benzene rings is 1. The fraction of sp³-hybridized carbons (Fsp3) is 0.533. The normalized spacial score (nSPS) is 17.5. The number of carboxylic acid groups (broad SMARTS) is 1. The van der Waals surface area contributed by atoms with Crippen LogP contribution in [-0.2, 0) is 4.79 Å². The predicted octanol–water partition coefficient (Wildman–Crippen LogP) is 0.619. The molecule has 1 saturated heterocycles. The average molecular weight is 293 g/mol. The summed E-state index contributed by atoms with van der Waals surface area (Å²) in [6.45, 7) is 3.47. The summed E-state index contributed by atoms with van der Waals surface area (Å²) in [4.78, 5) is 15.6. The maximum Gasteiger partial charge on any atom is 0.320 e. The number of hydrogen-bond donors (Lipinski definition) is 2. The van der Waals surface area contributed by atoms with Gasteiger partial charge in [-0.2, -0.15) is 0 Å². The quantitative estimate of drug-likeness (QED) is 0.800. The van der Waals surface area contributed by atoms with Gasteiger partial charge in [-0.1, -0.05) is 6.07 Å². The van der Waals surface area contributed by atoms with Gasteiger partial charge in [-0.05, 0) is 25.1 Å². The number of aliphatic carboxylic acids is 1. The lowest BCUT2D eigenvalue weighted by Crippen LogP contribution is -2.53. The third kappa shape index (κ3) is 3.86.